The average molecular weight is 296 g/mol. The SMILES string of the molecule is CCN(CC(C)C(=O)O)C(=O)Nc1ccccc1SC. The molecule has 5 nitrogen and oxygen atoms in total. The number of carbonyl (C=O) groups is 2. The fraction of sp³-hybridized carbons (Fsp3) is 0.429. The molecule has 0 aliphatic heterocycles. The van der Waals surface area contributed by atoms with E-state index in [1.807, 2.05) is 37.4 Å². The second-order valence-corrected chi connectivity index (χ2v) is 5.26. The summed E-state index contributed by atoms with van der Waals surface area (Å²) in [5.74, 6) is -1.49. The molecule has 0 saturated carbocycles. The summed E-state index contributed by atoms with van der Waals surface area (Å²) in [5, 5.41) is 11.7. The van der Waals surface area contributed by atoms with E-state index in [2.05, 4.69) is 5.32 Å². The molecule has 1 atom stereocenters. The van der Waals surface area contributed by atoms with Crippen LogP contribution in [0.2, 0.25) is 0 Å². The van der Waals surface area contributed by atoms with E-state index < -0.39 is 11.9 Å². The first kappa shape index (κ1) is 16.4. The van der Waals surface area contributed by atoms with E-state index in [0.717, 1.165) is 10.6 Å². The van der Waals surface area contributed by atoms with Gasteiger partial charge in [0, 0.05) is 18.0 Å². The average Bonchev–Trinajstić information content (AvgIpc) is 2.44. The molecule has 0 heterocycles. The Hall–Kier alpha value is -1.69. The van der Waals surface area contributed by atoms with Crippen molar-refractivity contribution in [3.8, 4) is 0 Å². The Bertz CT molecular complexity index is 479. The van der Waals surface area contributed by atoms with E-state index in [4.69, 9.17) is 5.11 Å². The molecule has 0 aromatic heterocycles. The zero-order valence-corrected chi connectivity index (χ0v) is 12.7. The van der Waals surface area contributed by atoms with Crippen molar-refractivity contribution in [1.82, 2.24) is 4.90 Å². The van der Waals surface area contributed by atoms with Crippen molar-refractivity contribution in [2.45, 2.75) is 18.7 Å². The highest BCUT2D eigenvalue weighted by Gasteiger charge is 2.19. The fourth-order valence-electron chi connectivity index (χ4n) is 1.71. The van der Waals surface area contributed by atoms with Crippen molar-refractivity contribution in [2.75, 3.05) is 24.7 Å². The highest BCUT2D eigenvalue weighted by molar-refractivity contribution is 7.98. The van der Waals surface area contributed by atoms with Gasteiger partial charge in [-0.1, -0.05) is 19.1 Å². The molecular weight excluding hydrogens is 276 g/mol. The van der Waals surface area contributed by atoms with Gasteiger partial charge < -0.3 is 15.3 Å². The van der Waals surface area contributed by atoms with Crippen LogP contribution in [-0.2, 0) is 4.79 Å². The zero-order chi connectivity index (χ0) is 15.1. The quantitative estimate of drug-likeness (QED) is 0.792. The number of para-hydroxylation sites is 1. The van der Waals surface area contributed by atoms with Gasteiger partial charge in [0.05, 0.1) is 11.6 Å². The van der Waals surface area contributed by atoms with Crippen molar-refractivity contribution in [3.63, 3.8) is 0 Å². The summed E-state index contributed by atoms with van der Waals surface area (Å²) in [6.07, 6.45) is 1.94. The number of rotatable bonds is 6. The van der Waals surface area contributed by atoms with Gasteiger partial charge in [0.25, 0.3) is 0 Å². The van der Waals surface area contributed by atoms with E-state index in [1.54, 1.807) is 18.7 Å². The summed E-state index contributed by atoms with van der Waals surface area (Å²) in [4.78, 5) is 25.5. The Labute approximate surface area is 123 Å². The summed E-state index contributed by atoms with van der Waals surface area (Å²) in [5.41, 5.74) is 0.742. The van der Waals surface area contributed by atoms with Crippen LogP contribution < -0.4 is 5.32 Å². The third kappa shape index (κ3) is 4.45. The first-order valence-electron chi connectivity index (χ1n) is 6.41. The highest BCUT2D eigenvalue weighted by Crippen LogP contribution is 2.24. The number of amides is 2. The second-order valence-electron chi connectivity index (χ2n) is 4.41. The van der Waals surface area contributed by atoms with Gasteiger partial charge >= 0.3 is 12.0 Å². The van der Waals surface area contributed by atoms with Crippen molar-refractivity contribution in [3.05, 3.63) is 24.3 Å². The standard InChI is InChI=1S/C14H20N2O3S/c1-4-16(9-10(2)13(17)18)14(19)15-11-7-5-6-8-12(11)20-3/h5-8,10H,4,9H2,1-3H3,(H,15,19)(H,17,18). The number of nitrogens with zero attached hydrogens (tertiary/aromatic N) is 1. The van der Waals surface area contributed by atoms with Gasteiger partial charge in [0.2, 0.25) is 0 Å². The van der Waals surface area contributed by atoms with Crippen LogP contribution in [0.3, 0.4) is 0 Å². The number of carbonyl (C=O) groups excluding carboxylic acids is 1. The molecule has 0 fully saturated rings. The maximum absolute atomic E-state index is 12.2. The number of hydrogen-bond acceptors (Lipinski definition) is 3. The molecule has 2 N–H and O–H groups in total. The van der Waals surface area contributed by atoms with Crippen LogP contribution in [0.5, 0.6) is 0 Å². The molecule has 20 heavy (non-hydrogen) atoms. The van der Waals surface area contributed by atoms with Gasteiger partial charge in [-0.3, -0.25) is 4.79 Å². The molecule has 6 heteroatoms. The van der Waals surface area contributed by atoms with Gasteiger partial charge in [-0.25, -0.2) is 4.79 Å². The Kier molecular flexibility index (Phi) is 6.38. The number of hydrogen-bond donors (Lipinski definition) is 2. The molecule has 0 aliphatic rings. The number of nitrogens with one attached hydrogen (secondary N) is 1. The number of anilines is 1. The lowest BCUT2D eigenvalue weighted by Gasteiger charge is -2.23. The molecule has 110 valence electrons. The van der Waals surface area contributed by atoms with Crippen LogP contribution in [0.1, 0.15) is 13.8 Å². The smallest absolute Gasteiger partial charge is 0.321 e. The topological polar surface area (TPSA) is 69.6 Å². The van der Waals surface area contributed by atoms with E-state index >= 15 is 0 Å². The van der Waals surface area contributed by atoms with Crippen LogP contribution in [0.4, 0.5) is 10.5 Å². The third-order valence-electron chi connectivity index (χ3n) is 2.93. The second kappa shape index (κ2) is 7.79. The number of carboxylic acids is 1. The van der Waals surface area contributed by atoms with Gasteiger partial charge in [-0.15, -0.1) is 11.8 Å². The van der Waals surface area contributed by atoms with Crippen LogP contribution >= 0.6 is 11.8 Å². The Morgan fingerprint density at radius 3 is 2.60 bits per heavy atom. The molecule has 0 radical (unpaired) electrons. The first-order chi connectivity index (χ1) is 9.49. The summed E-state index contributed by atoms with van der Waals surface area (Å²) in [6, 6.07) is 7.24. The third-order valence-corrected chi connectivity index (χ3v) is 3.73. The molecule has 1 aromatic carbocycles. The number of urea groups is 1. The molecule has 0 spiro atoms. The van der Waals surface area contributed by atoms with E-state index in [0.29, 0.717) is 6.54 Å². The Balaban J connectivity index is 2.74. The Morgan fingerprint density at radius 2 is 2.05 bits per heavy atom. The monoisotopic (exact) mass is 296 g/mol. The lowest BCUT2D eigenvalue weighted by atomic mass is 10.2. The lowest BCUT2D eigenvalue weighted by molar-refractivity contribution is -0.141. The molecular formula is C14H20N2O3S. The van der Waals surface area contributed by atoms with Crippen molar-refractivity contribution in [2.24, 2.45) is 5.92 Å². The summed E-state index contributed by atoms with van der Waals surface area (Å²) < 4.78 is 0. The first-order valence-corrected chi connectivity index (χ1v) is 7.63. The van der Waals surface area contributed by atoms with Crippen molar-refractivity contribution < 1.29 is 14.7 Å². The van der Waals surface area contributed by atoms with Crippen LogP contribution in [0, 0.1) is 5.92 Å². The minimum absolute atomic E-state index is 0.194. The molecule has 0 bridgehead atoms. The molecule has 1 rings (SSSR count). The van der Waals surface area contributed by atoms with Gasteiger partial charge in [0.15, 0.2) is 0 Å². The normalized spacial score (nSPS) is 11.8. The summed E-state index contributed by atoms with van der Waals surface area (Å²) in [6.45, 7) is 4.08. The van der Waals surface area contributed by atoms with E-state index in [9.17, 15) is 9.59 Å². The minimum Gasteiger partial charge on any atom is -0.481 e. The maximum atomic E-state index is 12.2. The molecule has 1 aromatic rings. The molecule has 0 saturated heterocycles. The van der Waals surface area contributed by atoms with Gasteiger partial charge in [-0.05, 0) is 25.3 Å². The maximum Gasteiger partial charge on any atom is 0.321 e. The van der Waals surface area contributed by atoms with Crippen LogP contribution in [0.25, 0.3) is 0 Å². The molecule has 0 aliphatic carbocycles. The van der Waals surface area contributed by atoms with E-state index in [-0.39, 0.29) is 12.6 Å². The Morgan fingerprint density at radius 1 is 1.40 bits per heavy atom. The lowest BCUT2D eigenvalue weighted by Crippen LogP contribution is -2.39. The molecule has 2 amide bonds. The minimum atomic E-state index is -0.902. The number of aliphatic carboxylic acids is 1. The van der Waals surface area contributed by atoms with Gasteiger partial charge in [-0.2, -0.15) is 0 Å². The fourth-order valence-corrected chi connectivity index (χ4v) is 2.26. The predicted molar refractivity (Wildman–Crippen MR) is 81.3 cm³/mol. The number of benzene rings is 1. The van der Waals surface area contributed by atoms with Crippen LogP contribution in [-0.4, -0.2) is 41.4 Å². The van der Waals surface area contributed by atoms with Crippen LogP contribution in [0.15, 0.2) is 29.2 Å². The highest BCUT2D eigenvalue weighted by atomic mass is 32.2. The van der Waals surface area contributed by atoms with Crippen molar-refractivity contribution in [1.29, 1.82) is 0 Å². The van der Waals surface area contributed by atoms with Gasteiger partial charge in [0.1, 0.15) is 0 Å². The number of carboxylic acid groups (broad SMARTS) is 1. The molecule has 1 unspecified atom stereocenters. The van der Waals surface area contributed by atoms with Crippen molar-refractivity contribution >= 4 is 29.4 Å². The summed E-state index contributed by atoms with van der Waals surface area (Å²) >= 11 is 1.55. The largest absolute Gasteiger partial charge is 0.481 e. The number of thioether (sulfide) groups is 1. The van der Waals surface area contributed by atoms with E-state index in [1.165, 1.54) is 4.90 Å². The zero-order valence-electron chi connectivity index (χ0n) is 11.9. The predicted octanol–water partition coefficient (Wildman–Crippen LogP) is 2.98. The summed E-state index contributed by atoms with van der Waals surface area (Å²) in [7, 11) is 0.